The van der Waals surface area contributed by atoms with Gasteiger partial charge in [-0.25, -0.2) is 9.97 Å². The van der Waals surface area contributed by atoms with Gasteiger partial charge >= 0.3 is 0 Å². The van der Waals surface area contributed by atoms with E-state index in [2.05, 4.69) is 15.3 Å². The number of nitrogens with one attached hydrogen (secondary N) is 1. The van der Waals surface area contributed by atoms with Crippen molar-refractivity contribution in [3.8, 4) is 11.3 Å². The minimum absolute atomic E-state index is 0.211. The van der Waals surface area contributed by atoms with Gasteiger partial charge in [-0.3, -0.25) is 10.1 Å². The Labute approximate surface area is 145 Å². The molecule has 0 bridgehead atoms. The van der Waals surface area contributed by atoms with Crippen LogP contribution >= 0.6 is 11.3 Å². The molecule has 24 heavy (non-hydrogen) atoms. The average Bonchev–Trinajstić information content (AvgIpc) is 3.04. The monoisotopic (exact) mass is 338 g/mol. The Morgan fingerprint density at radius 1 is 1.12 bits per heavy atom. The van der Waals surface area contributed by atoms with E-state index in [0.717, 1.165) is 17.1 Å². The molecule has 6 heteroatoms. The van der Waals surface area contributed by atoms with Crippen molar-refractivity contribution in [1.29, 1.82) is 0 Å². The van der Waals surface area contributed by atoms with E-state index in [-0.39, 0.29) is 5.91 Å². The van der Waals surface area contributed by atoms with Crippen LogP contribution in [-0.4, -0.2) is 30.0 Å². The number of thiazole rings is 1. The van der Waals surface area contributed by atoms with Gasteiger partial charge in [-0.1, -0.05) is 29.8 Å². The smallest absolute Gasteiger partial charge is 0.259 e. The van der Waals surface area contributed by atoms with Crippen LogP contribution in [0.5, 0.6) is 0 Å². The van der Waals surface area contributed by atoms with E-state index in [0.29, 0.717) is 10.7 Å². The minimum Gasteiger partial charge on any atom is -0.363 e. The van der Waals surface area contributed by atoms with E-state index in [1.165, 1.54) is 16.9 Å². The summed E-state index contributed by atoms with van der Waals surface area (Å²) in [6, 6.07) is 11.7. The summed E-state index contributed by atoms with van der Waals surface area (Å²) in [6.07, 6.45) is 1.57. The van der Waals surface area contributed by atoms with Crippen LogP contribution in [0, 0.1) is 6.92 Å². The second-order valence-corrected chi connectivity index (χ2v) is 6.52. The van der Waals surface area contributed by atoms with Crippen LogP contribution in [0.2, 0.25) is 0 Å². The molecular weight excluding hydrogens is 320 g/mol. The number of benzene rings is 1. The Kier molecular flexibility index (Phi) is 4.57. The maximum atomic E-state index is 12.3. The Morgan fingerprint density at radius 2 is 1.88 bits per heavy atom. The number of carbonyl (C=O) groups excluding carboxylic acids is 1. The molecule has 0 aliphatic rings. The van der Waals surface area contributed by atoms with Crippen LogP contribution in [0.4, 0.5) is 10.9 Å². The topological polar surface area (TPSA) is 58.1 Å². The highest BCUT2D eigenvalue weighted by atomic mass is 32.1. The average molecular weight is 338 g/mol. The molecule has 0 saturated carbocycles. The first-order valence-corrected chi connectivity index (χ1v) is 8.38. The van der Waals surface area contributed by atoms with Crippen LogP contribution < -0.4 is 10.2 Å². The van der Waals surface area contributed by atoms with Gasteiger partial charge in [0.05, 0.1) is 11.3 Å². The zero-order chi connectivity index (χ0) is 17.1. The molecule has 1 N–H and O–H groups in total. The second-order valence-electron chi connectivity index (χ2n) is 5.66. The molecule has 0 atom stereocenters. The van der Waals surface area contributed by atoms with Gasteiger partial charge in [0.1, 0.15) is 5.82 Å². The van der Waals surface area contributed by atoms with Gasteiger partial charge in [0, 0.05) is 31.2 Å². The molecule has 0 fully saturated rings. The number of hydrogen-bond donors (Lipinski definition) is 1. The maximum Gasteiger partial charge on any atom is 0.259 e. The highest BCUT2D eigenvalue weighted by Crippen LogP contribution is 2.25. The van der Waals surface area contributed by atoms with Crippen LogP contribution in [0.1, 0.15) is 15.9 Å². The molecule has 5 nitrogen and oxygen atoms in total. The Balaban J connectivity index is 1.72. The van der Waals surface area contributed by atoms with Crippen LogP contribution in [0.15, 0.2) is 48.0 Å². The van der Waals surface area contributed by atoms with E-state index >= 15 is 0 Å². The molecule has 0 unspecified atom stereocenters. The predicted octanol–water partition coefficient (Wildman–Crippen LogP) is 3.83. The third-order valence-corrected chi connectivity index (χ3v) is 4.30. The largest absolute Gasteiger partial charge is 0.363 e. The molecule has 0 aliphatic heterocycles. The zero-order valence-corrected chi connectivity index (χ0v) is 14.6. The van der Waals surface area contributed by atoms with Crippen molar-refractivity contribution in [3.05, 3.63) is 59.1 Å². The number of hydrogen-bond acceptors (Lipinski definition) is 5. The molecule has 122 valence electrons. The Hall–Kier alpha value is -2.73. The predicted molar refractivity (Wildman–Crippen MR) is 98.8 cm³/mol. The fourth-order valence-electron chi connectivity index (χ4n) is 2.14. The fraction of sp³-hybridized carbons (Fsp3) is 0.167. The molecule has 1 aromatic carbocycles. The minimum atomic E-state index is -0.211. The lowest BCUT2D eigenvalue weighted by atomic mass is 10.1. The van der Waals surface area contributed by atoms with Gasteiger partial charge in [0.2, 0.25) is 0 Å². The Morgan fingerprint density at radius 3 is 2.50 bits per heavy atom. The molecule has 3 rings (SSSR count). The molecule has 0 radical (unpaired) electrons. The van der Waals surface area contributed by atoms with Crippen LogP contribution in [-0.2, 0) is 0 Å². The van der Waals surface area contributed by atoms with E-state index in [1.54, 1.807) is 12.3 Å². The number of amides is 1. The van der Waals surface area contributed by atoms with Gasteiger partial charge in [0.25, 0.3) is 5.91 Å². The molecule has 1 amide bonds. The van der Waals surface area contributed by atoms with Gasteiger partial charge in [-0.05, 0) is 19.1 Å². The van der Waals surface area contributed by atoms with Crippen LogP contribution in [0.25, 0.3) is 11.3 Å². The van der Waals surface area contributed by atoms with Crippen molar-refractivity contribution in [2.45, 2.75) is 6.92 Å². The number of aryl methyl sites for hydroxylation is 1. The quantitative estimate of drug-likeness (QED) is 0.785. The van der Waals surface area contributed by atoms with Crippen molar-refractivity contribution in [3.63, 3.8) is 0 Å². The van der Waals surface area contributed by atoms with Crippen molar-refractivity contribution in [2.24, 2.45) is 0 Å². The van der Waals surface area contributed by atoms with E-state index in [9.17, 15) is 4.79 Å². The van der Waals surface area contributed by atoms with Gasteiger partial charge < -0.3 is 4.90 Å². The third kappa shape index (κ3) is 3.60. The number of rotatable bonds is 4. The molecule has 2 aromatic heterocycles. The lowest BCUT2D eigenvalue weighted by Gasteiger charge is -2.10. The molecule has 0 spiro atoms. The standard InChI is InChI=1S/C18H18N4OS/c1-12-4-6-13(7-5-12)15-11-24-18(20-15)21-17(23)14-8-9-16(19-10-14)22(2)3/h4-11H,1-3H3,(H,20,21,23). The summed E-state index contributed by atoms with van der Waals surface area (Å²) >= 11 is 1.41. The summed E-state index contributed by atoms with van der Waals surface area (Å²) in [6.45, 7) is 2.05. The van der Waals surface area contributed by atoms with Gasteiger partial charge in [0.15, 0.2) is 5.13 Å². The third-order valence-electron chi connectivity index (χ3n) is 3.54. The number of aromatic nitrogens is 2. The summed E-state index contributed by atoms with van der Waals surface area (Å²) < 4.78 is 0. The normalized spacial score (nSPS) is 10.5. The number of nitrogens with zero attached hydrogens (tertiary/aromatic N) is 3. The summed E-state index contributed by atoms with van der Waals surface area (Å²) in [5.41, 5.74) is 3.61. The lowest BCUT2D eigenvalue weighted by Crippen LogP contribution is -2.14. The molecular formula is C18H18N4OS. The second kappa shape index (κ2) is 6.80. The summed E-state index contributed by atoms with van der Waals surface area (Å²) in [7, 11) is 3.81. The Bertz CT molecular complexity index is 838. The van der Waals surface area contributed by atoms with Crippen molar-refractivity contribution in [1.82, 2.24) is 9.97 Å². The van der Waals surface area contributed by atoms with Crippen molar-refractivity contribution in [2.75, 3.05) is 24.3 Å². The van der Waals surface area contributed by atoms with Gasteiger partial charge in [-0.2, -0.15) is 0 Å². The number of carbonyl (C=O) groups is 1. The van der Waals surface area contributed by atoms with Crippen molar-refractivity contribution >= 4 is 28.2 Å². The summed E-state index contributed by atoms with van der Waals surface area (Å²) in [5.74, 6) is 0.597. The fourth-order valence-corrected chi connectivity index (χ4v) is 2.86. The first kappa shape index (κ1) is 16.1. The molecule has 2 heterocycles. The van der Waals surface area contributed by atoms with Gasteiger partial charge in [-0.15, -0.1) is 11.3 Å². The summed E-state index contributed by atoms with van der Waals surface area (Å²) in [5, 5.41) is 5.34. The molecule has 3 aromatic rings. The van der Waals surface area contributed by atoms with E-state index in [4.69, 9.17) is 0 Å². The highest BCUT2D eigenvalue weighted by Gasteiger charge is 2.11. The molecule has 0 aliphatic carbocycles. The van der Waals surface area contributed by atoms with E-state index < -0.39 is 0 Å². The van der Waals surface area contributed by atoms with E-state index in [1.807, 2.05) is 61.6 Å². The highest BCUT2D eigenvalue weighted by molar-refractivity contribution is 7.14. The van der Waals surface area contributed by atoms with Crippen molar-refractivity contribution < 1.29 is 4.79 Å². The zero-order valence-electron chi connectivity index (χ0n) is 13.8. The van der Waals surface area contributed by atoms with Crippen LogP contribution in [0.3, 0.4) is 0 Å². The molecule has 0 saturated heterocycles. The SMILES string of the molecule is Cc1ccc(-c2csc(NC(=O)c3ccc(N(C)C)nc3)n2)cc1. The first-order chi connectivity index (χ1) is 11.5. The summed E-state index contributed by atoms with van der Waals surface area (Å²) in [4.78, 5) is 22.9. The maximum absolute atomic E-state index is 12.3. The lowest BCUT2D eigenvalue weighted by molar-refractivity contribution is 0.102. The first-order valence-electron chi connectivity index (χ1n) is 7.50. The number of anilines is 2. The number of pyridine rings is 1.